The third-order valence-corrected chi connectivity index (χ3v) is 0.888. The molecule has 0 N–H and O–H groups in total. The van der Waals surface area contributed by atoms with E-state index in [9.17, 15) is 0 Å². The van der Waals surface area contributed by atoms with Crippen molar-refractivity contribution in [2.75, 3.05) is 41.3 Å². The Morgan fingerprint density at radius 1 is 1.11 bits per heavy atom. The number of hydroxylamine groups is 2. The van der Waals surface area contributed by atoms with Gasteiger partial charge < -0.3 is 4.90 Å². The molecule has 0 unspecified atom stereocenters. The molecule has 3 heteroatoms. The van der Waals surface area contributed by atoms with Gasteiger partial charge in [-0.05, 0) is 14.1 Å². The molecule has 0 saturated carbocycles. The molecule has 0 rings (SSSR count). The molecule has 9 heavy (non-hydrogen) atoms. The highest BCUT2D eigenvalue weighted by molar-refractivity contribution is 4.37. The minimum atomic E-state index is 0.764. The maximum atomic E-state index is 5.14. The highest BCUT2D eigenvalue weighted by Crippen LogP contribution is 1.79. The summed E-state index contributed by atoms with van der Waals surface area (Å²) in [5.74, 6) is 0. The van der Waals surface area contributed by atoms with Crippen molar-refractivity contribution < 1.29 is 4.84 Å². The summed E-state index contributed by atoms with van der Waals surface area (Å²) in [5.41, 5.74) is 0. The van der Waals surface area contributed by atoms with E-state index in [-0.39, 0.29) is 0 Å². The molecule has 3 nitrogen and oxygen atoms in total. The van der Waals surface area contributed by atoms with Gasteiger partial charge in [0.05, 0.1) is 6.61 Å². The Morgan fingerprint density at radius 2 is 1.67 bits per heavy atom. The molecule has 0 spiro atoms. The molecule has 0 aliphatic carbocycles. The van der Waals surface area contributed by atoms with Gasteiger partial charge in [-0.2, -0.15) is 5.06 Å². The third-order valence-electron chi connectivity index (χ3n) is 0.888. The summed E-state index contributed by atoms with van der Waals surface area (Å²) in [7, 11) is 7.82. The van der Waals surface area contributed by atoms with E-state index in [1.807, 2.05) is 28.2 Å². The highest BCUT2D eigenvalue weighted by Gasteiger charge is 1.90. The van der Waals surface area contributed by atoms with E-state index in [0.717, 1.165) is 13.2 Å². The topological polar surface area (TPSA) is 15.7 Å². The van der Waals surface area contributed by atoms with Crippen LogP contribution in [0.4, 0.5) is 0 Å². The summed E-state index contributed by atoms with van der Waals surface area (Å²) >= 11 is 0. The second-order valence-electron chi connectivity index (χ2n) is 2.45. The van der Waals surface area contributed by atoms with Crippen molar-refractivity contribution in [3.05, 3.63) is 0 Å². The number of hydrogen-bond donors (Lipinski definition) is 0. The van der Waals surface area contributed by atoms with Crippen molar-refractivity contribution >= 4 is 0 Å². The van der Waals surface area contributed by atoms with Crippen molar-refractivity contribution in [3.63, 3.8) is 0 Å². The predicted molar refractivity (Wildman–Crippen MR) is 38.2 cm³/mol. The number of rotatable bonds is 4. The summed E-state index contributed by atoms with van der Waals surface area (Å²) in [6, 6.07) is 0. The van der Waals surface area contributed by atoms with Crippen LogP contribution in [-0.2, 0) is 4.84 Å². The molecule has 0 aromatic heterocycles. The van der Waals surface area contributed by atoms with Crippen LogP contribution in [0.1, 0.15) is 0 Å². The highest BCUT2D eigenvalue weighted by atomic mass is 16.7. The minimum Gasteiger partial charge on any atom is -0.307 e. The van der Waals surface area contributed by atoms with Crippen LogP contribution in [0.3, 0.4) is 0 Å². The monoisotopic (exact) mass is 132 g/mol. The first kappa shape index (κ1) is 8.88. The maximum absolute atomic E-state index is 5.14. The van der Waals surface area contributed by atoms with Gasteiger partial charge in [0.1, 0.15) is 0 Å². The number of likely N-dealkylation sites (N-methyl/N-ethyl adjacent to an activating group) is 1. The molecule has 0 saturated heterocycles. The molecule has 0 aromatic rings. The Morgan fingerprint density at radius 3 is 2.00 bits per heavy atom. The van der Waals surface area contributed by atoms with Crippen molar-refractivity contribution in [2.24, 2.45) is 0 Å². The summed E-state index contributed by atoms with van der Waals surface area (Å²) < 4.78 is 0. The maximum Gasteiger partial charge on any atom is 0.0811 e. The van der Waals surface area contributed by atoms with Crippen molar-refractivity contribution in [2.45, 2.75) is 0 Å². The fourth-order valence-corrected chi connectivity index (χ4v) is 0.406. The molecule has 0 aliphatic heterocycles. The largest absolute Gasteiger partial charge is 0.307 e. The molecule has 56 valence electrons. The lowest BCUT2D eigenvalue weighted by atomic mass is 10.6. The Bertz CT molecular complexity index is 56.1. The van der Waals surface area contributed by atoms with Crippen LogP contribution < -0.4 is 0 Å². The Kier molecular flexibility index (Phi) is 4.67. The summed E-state index contributed by atoms with van der Waals surface area (Å²) in [5, 5.41) is 1.71. The normalized spacial score (nSPS) is 11.3. The smallest absolute Gasteiger partial charge is 0.0811 e. The van der Waals surface area contributed by atoms with Crippen LogP contribution in [0.5, 0.6) is 0 Å². The SMILES string of the molecule is CN(C)CCON(C)C. The second kappa shape index (κ2) is 4.73. The first-order valence-electron chi connectivity index (χ1n) is 3.08. The average Bonchev–Trinajstić information content (AvgIpc) is 1.63. The van der Waals surface area contributed by atoms with Gasteiger partial charge in [-0.15, -0.1) is 0 Å². The Labute approximate surface area is 57.2 Å². The van der Waals surface area contributed by atoms with Gasteiger partial charge in [0, 0.05) is 20.6 Å². The van der Waals surface area contributed by atoms with Crippen LogP contribution in [-0.4, -0.2) is 51.3 Å². The molecule has 0 radical (unpaired) electrons. The molecule has 0 bridgehead atoms. The molecule has 0 aromatic carbocycles. The quantitative estimate of drug-likeness (QED) is 0.502. The molecular weight excluding hydrogens is 116 g/mol. The van der Waals surface area contributed by atoms with E-state index < -0.39 is 0 Å². The van der Waals surface area contributed by atoms with E-state index in [2.05, 4.69) is 4.90 Å². The second-order valence-corrected chi connectivity index (χ2v) is 2.45. The zero-order valence-corrected chi connectivity index (χ0v) is 6.72. The van der Waals surface area contributed by atoms with Crippen LogP contribution in [0.2, 0.25) is 0 Å². The standard InChI is InChI=1S/C6H16N2O/c1-7(2)5-6-9-8(3)4/h5-6H2,1-4H3. The summed E-state index contributed by atoms with van der Waals surface area (Å²) in [6.45, 7) is 1.73. The van der Waals surface area contributed by atoms with Gasteiger partial charge in [0.15, 0.2) is 0 Å². The van der Waals surface area contributed by atoms with Crippen LogP contribution in [0.15, 0.2) is 0 Å². The molecular formula is C6H16N2O. The fraction of sp³-hybridized carbons (Fsp3) is 1.00. The van der Waals surface area contributed by atoms with Crippen molar-refractivity contribution in [3.8, 4) is 0 Å². The van der Waals surface area contributed by atoms with E-state index in [1.165, 1.54) is 0 Å². The van der Waals surface area contributed by atoms with E-state index >= 15 is 0 Å². The van der Waals surface area contributed by atoms with Gasteiger partial charge in [-0.1, -0.05) is 0 Å². The first-order valence-corrected chi connectivity index (χ1v) is 3.08. The zero-order chi connectivity index (χ0) is 7.28. The lowest BCUT2D eigenvalue weighted by Gasteiger charge is -2.13. The third kappa shape index (κ3) is 7.88. The van der Waals surface area contributed by atoms with Crippen molar-refractivity contribution in [1.29, 1.82) is 0 Å². The lowest BCUT2D eigenvalue weighted by molar-refractivity contribution is -0.122. The van der Waals surface area contributed by atoms with Gasteiger partial charge in [-0.3, -0.25) is 4.84 Å². The number of nitrogens with zero attached hydrogens (tertiary/aromatic N) is 2. The molecule has 0 amide bonds. The van der Waals surface area contributed by atoms with Gasteiger partial charge in [-0.25, -0.2) is 0 Å². The Balaban J connectivity index is 2.91. The minimum absolute atomic E-state index is 0.764. The van der Waals surface area contributed by atoms with Crippen LogP contribution >= 0.6 is 0 Å². The average molecular weight is 132 g/mol. The predicted octanol–water partition coefficient (Wildman–Crippen LogP) is 0.0412. The Hall–Kier alpha value is -0.120. The molecule has 0 atom stereocenters. The van der Waals surface area contributed by atoms with E-state index in [4.69, 9.17) is 4.84 Å². The van der Waals surface area contributed by atoms with Gasteiger partial charge in [0.2, 0.25) is 0 Å². The summed E-state index contributed by atoms with van der Waals surface area (Å²) in [6.07, 6.45) is 0. The summed E-state index contributed by atoms with van der Waals surface area (Å²) in [4.78, 5) is 7.23. The zero-order valence-electron chi connectivity index (χ0n) is 6.72. The molecule has 0 heterocycles. The number of hydrogen-bond acceptors (Lipinski definition) is 3. The van der Waals surface area contributed by atoms with Gasteiger partial charge in [0.25, 0.3) is 0 Å². The van der Waals surface area contributed by atoms with Crippen LogP contribution in [0, 0.1) is 0 Å². The van der Waals surface area contributed by atoms with Crippen LogP contribution in [0.25, 0.3) is 0 Å². The molecule has 0 aliphatic rings. The van der Waals surface area contributed by atoms with Gasteiger partial charge >= 0.3 is 0 Å². The lowest BCUT2D eigenvalue weighted by Crippen LogP contribution is -2.22. The van der Waals surface area contributed by atoms with E-state index in [1.54, 1.807) is 5.06 Å². The first-order chi connectivity index (χ1) is 4.13. The fourth-order valence-electron chi connectivity index (χ4n) is 0.406. The van der Waals surface area contributed by atoms with Crippen molar-refractivity contribution in [1.82, 2.24) is 9.96 Å². The molecule has 0 fully saturated rings. The van der Waals surface area contributed by atoms with E-state index in [0.29, 0.717) is 0 Å².